The molecule has 0 saturated heterocycles. The summed E-state index contributed by atoms with van der Waals surface area (Å²) in [6.07, 6.45) is 11.2. The summed E-state index contributed by atoms with van der Waals surface area (Å²) in [5, 5.41) is 8.62. The summed E-state index contributed by atoms with van der Waals surface area (Å²) in [5.74, 6) is 1.02. The van der Waals surface area contributed by atoms with E-state index in [1.807, 2.05) is 38.1 Å². The minimum Gasteiger partial charge on any atom is -0.451 e. The highest BCUT2D eigenvalue weighted by atomic mass is 35.5. The molecule has 0 radical (unpaired) electrons. The van der Waals surface area contributed by atoms with Gasteiger partial charge in [-0.05, 0) is 73.4 Å². The Kier molecular flexibility index (Phi) is 31.1. The Hall–Kier alpha value is -2.85. The van der Waals surface area contributed by atoms with Crippen molar-refractivity contribution in [1.29, 1.82) is 0 Å². The van der Waals surface area contributed by atoms with E-state index in [0.717, 1.165) is 35.2 Å². The number of carbonyl (C=O) groups is 2. The third kappa shape index (κ3) is 23.4. The van der Waals surface area contributed by atoms with E-state index in [1.54, 1.807) is 17.2 Å². The summed E-state index contributed by atoms with van der Waals surface area (Å²) >= 11 is 6.14. The molecule has 0 saturated carbocycles. The molecule has 0 aliphatic rings. The van der Waals surface area contributed by atoms with E-state index < -0.39 is 0 Å². The summed E-state index contributed by atoms with van der Waals surface area (Å²) in [4.78, 5) is 26.7. The summed E-state index contributed by atoms with van der Waals surface area (Å²) in [7, 11) is 3.64. The third-order valence-electron chi connectivity index (χ3n) is 8.91. The predicted molar refractivity (Wildman–Crippen MR) is 253 cm³/mol. The highest BCUT2D eigenvalue weighted by Crippen LogP contribution is 2.35. The number of aromatic nitrogens is 1. The van der Waals surface area contributed by atoms with Gasteiger partial charge in [0.05, 0.1) is 5.69 Å². The number of ketones is 1. The van der Waals surface area contributed by atoms with Crippen molar-refractivity contribution in [3.8, 4) is 11.3 Å². The number of halogens is 1. The number of carbonyl (C=O) groups excluding carboxylic acids is 2. The number of fused-ring (bicyclic) bond motifs is 1. The molecule has 56 heavy (non-hydrogen) atoms. The third-order valence-corrected chi connectivity index (χ3v) is 9.91. The highest BCUT2D eigenvalue weighted by Gasteiger charge is 2.25. The predicted octanol–water partition coefficient (Wildman–Crippen LogP) is 15.1. The normalized spacial score (nSPS) is 11.7. The summed E-state index contributed by atoms with van der Waals surface area (Å²) in [5.41, 5.74) is 8.27. The van der Waals surface area contributed by atoms with E-state index >= 15 is 0 Å². The lowest BCUT2D eigenvalue weighted by Crippen LogP contribution is -2.12. The lowest BCUT2D eigenvalue weighted by Gasteiger charge is -2.20. The summed E-state index contributed by atoms with van der Waals surface area (Å²) < 4.78 is 5.95. The molecule has 1 N–H and O–H groups in total. The average Bonchev–Trinajstić information content (AvgIpc) is 3.59. The van der Waals surface area contributed by atoms with Gasteiger partial charge in [0.1, 0.15) is 11.8 Å². The van der Waals surface area contributed by atoms with Crippen molar-refractivity contribution in [3.63, 3.8) is 0 Å². The number of hydrogen-bond donors (Lipinski definition) is 1. The quantitative estimate of drug-likeness (QED) is 0.0521. The maximum Gasteiger partial charge on any atom is 0.200 e. The van der Waals surface area contributed by atoms with Crippen LogP contribution in [-0.2, 0) is 10.2 Å². The van der Waals surface area contributed by atoms with Gasteiger partial charge in [-0.1, -0.05) is 171 Å². The van der Waals surface area contributed by atoms with Crippen LogP contribution in [0, 0.1) is 17.3 Å². The number of hydrogen-bond acceptors (Lipinski definition) is 5. The van der Waals surface area contributed by atoms with E-state index in [2.05, 4.69) is 119 Å². The molecule has 0 aliphatic heterocycles. The van der Waals surface area contributed by atoms with Crippen molar-refractivity contribution >= 4 is 49.3 Å². The van der Waals surface area contributed by atoms with Crippen LogP contribution in [0.3, 0.4) is 0 Å². The number of aldehydes is 1. The smallest absolute Gasteiger partial charge is 0.200 e. The molecule has 2 unspecified atom stereocenters. The number of benzene rings is 1. The maximum absolute atomic E-state index is 12.4. The fourth-order valence-electron chi connectivity index (χ4n) is 4.93. The Bertz CT molecular complexity index is 1610. The molecule has 2 aromatic heterocycles. The first-order chi connectivity index (χ1) is 26.0. The molecule has 5 nitrogen and oxygen atoms in total. The second-order valence-electron chi connectivity index (χ2n) is 16.6. The van der Waals surface area contributed by atoms with Gasteiger partial charge in [-0.2, -0.15) is 0 Å². The second-order valence-corrected chi connectivity index (χ2v) is 17.6. The monoisotopic (exact) mass is 814 g/mol. The van der Waals surface area contributed by atoms with Crippen LogP contribution in [0.25, 0.3) is 22.4 Å². The van der Waals surface area contributed by atoms with Crippen LogP contribution in [-0.4, -0.2) is 29.3 Å². The fourth-order valence-corrected chi connectivity index (χ4v) is 5.33. The van der Waals surface area contributed by atoms with Crippen LogP contribution in [0.1, 0.15) is 172 Å². The maximum atomic E-state index is 12.4. The van der Waals surface area contributed by atoms with Crippen LogP contribution < -0.4 is 5.30 Å². The molecule has 0 fully saturated rings. The molecule has 2 heterocycles. The first-order valence-corrected chi connectivity index (χ1v) is 21.4. The Morgan fingerprint density at radius 3 is 1.82 bits per heavy atom. The lowest BCUT2D eigenvalue weighted by molar-refractivity contribution is -0.104. The van der Waals surface area contributed by atoms with Gasteiger partial charge in [0.2, 0.25) is 5.78 Å². The molecule has 318 valence electrons. The number of unbranched alkanes of at least 4 members (excludes halogenated alkanes) is 1. The highest BCUT2D eigenvalue weighted by molar-refractivity contribution is 7.28. The molecule has 1 aromatic carbocycles. The number of pyridine rings is 1. The molecule has 0 amide bonds. The first-order valence-electron chi connectivity index (χ1n) is 20.4. The van der Waals surface area contributed by atoms with Crippen LogP contribution in [0.15, 0.2) is 70.7 Å². The number of aliphatic hydroxyl groups is 1. The number of rotatable bonds is 11. The van der Waals surface area contributed by atoms with Gasteiger partial charge in [-0.15, -0.1) is 9.24 Å². The van der Waals surface area contributed by atoms with Gasteiger partial charge in [0.25, 0.3) is 0 Å². The zero-order chi connectivity index (χ0) is 44.4. The van der Waals surface area contributed by atoms with Gasteiger partial charge in [-0.25, -0.2) is 4.98 Å². The molecule has 2 atom stereocenters. The average molecular weight is 815 g/mol. The van der Waals surface area contributed by atoms with Gasteiger partial charge < -0.3 is 9.52 Å². The summed E-state index contributed by atoms with van der Waals surface area (Å²) in [6.45, 7) is 41.5. The van der Waals surface area contributed by atoms with Crippen molar-refractivity contribution in [3.05, 3.63) is 82.6 Å². The zero-order valence-electron chi connectivity index (χ0n) is 38.6. The van der Waals surface area contributed by atoms with E-state index in [4.69, 9.17) is 26.1 Å². The van der Waals surface area contributed by atoms with E-state index in [0.29, 0.717) is 39.2 Å². The van der Waals surface area contributed by atoms with Crippen molar-refractivity contribution in [2.75, 3.05) is 7.11 Å². The molecule has 3 aromatic rings. The molecule has 0 aliphatic carbocycles. The van der Waals surface area contributed by atoms with Crippen molar-refractivity contribution in [2.24, 2.45) is 17.3 Å². The Morgan fingerprint density at radius 2 is 1.48 bits per heavy atom. The fraction of sp³-hybridized carbons (Fsp3) is 0.571. The van der Waals surface area contributed by atoms with Gasteiger partial charge in [0, 0.05) is 40.8 Å². The molecule has 3 rings (SSSR count). The topological polar surface area (TPSA) is 80.4 Å². The molecule has 0 spiro atoms. The zero-order valence-corrected chi connectivity index (χ0v) is 40.5. The SMILES string of the molecule is C=CC(=C)C=O.CC(C)C(=O)c1cc2nc(-c3ccc(Cl)c(P)c3)cc(C(C)(C)C)c2o1.CCC/C(C)=C(/C)C(C)CC.CCCC.CCCC(C)(C)C.CO. The number of aliphatic hydroxyl groups excluding tert-OH is 1. The first kappa shape index (κ1) is 57.5. The minimum atomic E-state index is -0.151. The van der Waals surface area contributed by atoms with Crippen LogP contribution in [0.2, 0.25) is 5.02 Å². The molecular formula is C49H81ClNO4P. The largest absolute Gasteiger partial charge is 0.451 e. The van der Waals surface area contributed by atoms with Gasteiger partial charge >= 0.3 is 0 Å². The molecule has 7 heteroatoms. The number of Topliss-reactive ketones (excluding diaryl/α,β-unsaturated/α-hetero) is 1. The lowest BCUT2D eigenvalue weighted by atomic mass is 9.86. The number of allylic oxidation sites excluding steroid dienone is 4. The van der Waals surface area contributed by atoms with Crippen molar-refractivity contribution in [2.45, 2.75) is 161 Å². The van der Waals surface area contributed by atoms with E-state index in [1.165, 1.54) is 51.0 Å². The van der Waals surface area contributed by atoms with Crippen LogP contribution in [0.5, 0.6) is 0 Å². The Balaban J connectivity index is -0.000000771. The number of nitrogens with zero attached hydrogens (tertiary/aromatic N) is 1. The van der Waals surface area contributed by atoms with E-state index in [9.17, 15) is 9.59 Å². The Labute approximate surface area is 351 Å². The van der Waals surface area contributed by atoms with Gasteiger partial charge in [0.15, 0.2) is 11.3 Å². The van der Waals surface area contributed by atoms with Crippen LogP contribution in [0.4, 0.5) is 0 Å². The minimum absolute atomic E-state index is 0.0110. The van der Waals surface area contributed by atoms with Gasteiger partial charge in [-0.3, -0.25) is 9.59 Å². The Morgan fingerprint density at radius 1 is 0.929 bits per heavy atom. The molecular weight excluding hydrogens is 733 g/mol. The second kappa shape index (κ2) is 30.3. The van der Waals surface area contributed by atoms with Crippen LogP contribution >= 0.6 is 20.8 Å². The number of furan rings is 1. The van der Waals surface area contributed by atoms with Crippen molar-refractivity contribution < 1.29 is 19.1 Å². The molecule has 0 bridgehead atoms. The van der Waals surface area contributed by atoms with E-state index in [-0.39, 0.29) is 17.1 Å². The summed E-state index contributed by atoms with van der Waals surface area (Å²) in [6, 6.07) is 9.62. The van der Waals surface area contributed by atoms with Crippen molar-refractivity contribution in [1.82, 2.24) is 4.98 Å². The standard InChI is InChI=1S/C21H23ClNO2P.C11H22.C7H16.C5H6O.C4H10.CH4O/c1-11(2)19(24)17-10-16-20(25-17)13(21(3,4)5)9-15(23-16)12-6-7-14(22)18(26)8-12;1-6-8-10(4)11(5)9(3)7-2;1-5-6-7(2,3)4;1-3-5(2)4-6;1-3-4-2;1-2/h6-11H,26H2,1-5H3;9H,6-8H2,1-5H3;5-6H2,1-4H3;3-4H,1-2H2;3-4H2,1-2H3;2H,1H3/b;11-10-;;;;.